The summed E-state index contributed by atoms with van der Waals surface area (Å²) in [7, 11) is 0. The third-order valence-electron chi connectivity index (χ3n) is 5.20. The van der Waals surface area contributed by atoms with Crippen LogP contribution >= 0.6 is 0 Å². The molecule has 3 heterocycles. The number of carbonyl (C=O) groups is 2. The highest BCUT2D eigenvalue weighted by atomic mass is 16.5. The van der Waals surface area contributed by atoms with Crippen molar-refractivity contribution in [1.82, 2.24) is 20.2 Å². The first-order valence-corrected chi connectivity index (χ1v) is 9.03. The van der Waals surface area contributed by atoms with Crippen LogP contribution in [0.25, 0.3) is 0 Å². The first kappa shape index (κ1) is 17.6. The van der Waals surface area contributed by atoms with Gasteiger partial charge in [0.15, 0.2) is 0 Å². The van der Waals surface area contributed by atoms with Gasteiger partial charge in [-0.3, -0.25) is 9.59 Å². The summed E-state index contributed by atoms with van der Waals surface area (Å²) in [5.41, 5.74) is 1.91. The van der Waals surface area contributed by atoms with E-state index in [0.29, 0.717) is 24.8 Å². The molecule has 0 bridgehead atoms. The van der Waals surface area contributed by atoms with E-state index >= 15 is 0 Å². The summed E-state index contributed by atoms with van der Waals surface area (Å²) in [5, 5.41) is 2.81. The second kappa shape index (κ2) is 7.80. The number of hydrogen-bond donors (Lipinski definition) is 1. The van der Waals surface area contributed by atoms with Crippen molar-refractivity contribution in [1.29, 1.82) is 0 Å². The van der Waals surface area contributed by atoms with Gasteiger partial charge >= 0.3 is 0 Å². The van der Waals surface area contributed by atoms with Crippen molar-refractivity contribution in [3.8, 4) is 5.88 Å². The number of piperidine rings is 2. The van der Waals surface area contributed by atoms with Crippen molar-refractivity contribution in [3.05, 3.63) is 17.6 Å². The zero-order valence-corrected chi connectivity index (χ0v) is 15.0. The molecular formula is C18H26N4O3. The van der Waals surface area contributed by atoms with Crippen LogP contribution in [-0.2, 0) is 9.59 Å². The second-order valence-electron chi connectivity index (χ2n) is 6.98. The van der Waals surface area contributed by atoms with Gasteiger partial charge in [0.25, 0.3) is 0 Å². The SMILES string of the molecule is Cc1ncnc(OCC2CCN(C(=O)C3CCCC(=O)N3)CC2)c1C. The number of nitrogens with one attached hydrogen (secondary N) is 1. The van der Waals surface area contributed by atoms with Crippen molar-refractivity contribution in [3.63, 3.8) is 0 Å². The normalized spacial score (nSPS) is 21.8. The summed E-state index contributed by atoms with van der Waals surface area (Å²) in [4.78, 5) is 34.2. The number of hydrogen-bond acceptors (Lipinski definition) is 5. The Morgan fingerprint density at radius 3 is 2.76 bits per heavy atom. The summed E-state index contributed by atoms with van der Waals surface area (Å²) >= 11 is 0. The lowest BCUT2D eigenvalue weighted by molar-refractivity contribution is -0.139. The highest BCUT2D eigenvalue weighted by Gasteiger charge is 2.31. The van der Waals surface area contributed by atoms with Crippen LogP contribution in [0.4, 0.5) is 0 Å². The molecule has 0 aromatic carbocycles. The number of nitrogens with zero attached hydrogens (tertiary/aromatic N) is 3. The van der Waals surface area contributed by atoms with Gasteiger partial charge in [0, 0.05) is 30.8 Å². The lowest BCUT2D eigenvalue weighted by atomic mass is 9.96. The number of likely N-dealkylation sites (tertiary alicyclic amines) is 1. The van der Waals surface area contributed by atoms with E-state index in [1.807, 2.05) is 18.7 Å². The third-order valence-corrected chi connectivity index (χ3v) is 5.20. The van der Waals surface area contributed by atoms with Gasteiger partial charge < -0.3 is 15.0 Å². The van der Waals surface area contributed by atoms with Crippen molar-refractivity contribution in [2.24, 2.45) is 5.92 Å². The van der Waals surface area contributed by atoms with E-state index in [0.717, 1.165) is 50.0 Å². The highest BCUT2D eigenvalue weighted by Crippen LogP contribution is 2.22. The number of carbonyl (C=O) groups excluding carboxylic acids is 2. The highest BCUT2D eigenvalue weighted by molar-refractivity contribution is 5.88. The fourth-order valence-corrected chi connectivity index (χ4v) is 3.39. The average molecular weight is 346 g/mol. The maximum atomic E-state index is 12.5. The topological polar surface area (TPSA) is 84.4 Å². The van der Waals surface area contributed by atoms with Crippen LogP contribution in [0.1, 0.15) is 43.4 Å². The molecule has 2 aliphatic heterocycles. The van der Waals surface area contributed by atoms with Crippen LogP contribution in [-0.4, -0.2) is 52.4 Å². The maximum Gasteiger partial charge on any atom is 0.245 e. The molecule has 2 amide bonds. The predicted octanol–water partition coefficient (Wildman–Crippen LogP) is 1.38. The first-order chi connectivity index (χ1) is 12.0. The fraction of sp³-hybridized carbons (Fsp3) is 0.667. The van der Waals surface area contributed by atoms with Crippen LogP contribution in [0.3, 0.4) is 0 Å². The smallest absolute Gasteiger partial charge is 0.245 e. The Labute approximate surface area is 148 Å². The summed E-state index contributed by atoms with van der Waals surface area (Å²) < 4.78 is 5.87. The van der Waals surface area contributed by atoms with Crippen molar-refractivity contribution in [2.45, 2.75) is 52.0 Å². The van der Waals surface area contributed by atoms with E-state index in [-0.39, 0.29) is 17.9 Å². The number of ether oxygens (including phenoxy) is 1. The quantitative estimate of drug-likeness (QED) is 0.890. The number of aryl methyl sites for hydroxylation is 1. The van der Waals surface area contributed by atoms with E-state index in [1.165, 1.54) is 6.33 Å². The molecule has 0 radical (unpaired) electrons. The lowest BCUT2D eigenvalue weighted by Gasteiger charge is -2.35. The molecule has 2 saturated heterocycles. The molecule has 1 N–H and O–H groups in total. The molecule has 0 spiro atoms. The summed E-state index contributed by atoms with van der Waals surface area (Å²) in [5.74, 6) is 1.12. The van der Waals surface area contributed by atoms with E-state index in [9.17, 15) is 9.59 Å². The van der Waals surface area contributed by atoms with Gasteiger partial charge in [-0.25, -0.2) is 9.97 Å². The van der Waals surface area contributed by atoms with Crippen LogP contribution in [0, 0.1) is 19.8 Å². The summed E-state index contributed by atoms with van der Waals surface area (Å²) in [6.07, 6.45) is 5.43. The van der Waals surface area contributed by atoms with Crippen molar-refractivity contribution in [2.75, 3.05) is 19.7 Å². The van der Waals surface area contributed by atoms with Gasteiger partial charge in [0.1, 0.15) is 12.4 Å². The maximum absolute atomic E-state index is 12.5. The molecule has 1 aromatic heterocycles. The number of rotatable bonds is 4. The summed E-state index contributed by atoms with van der Waals surface area (Å²) in [6.45, 7) is 5.96. The minimum atomic E-state index is -0.333. The van der Waals surface area contributed by atoms with Crippen molar-refractivity contribution >= 4 is 11.8 Å². The van der Waals surface area contributed by atoms with Gasteiger partial charge in [0.2, 0.25) is 17.7 Å². The Bertz CT molecular complexity index is 641. The van der Waals surface area contributed by atoms with Gasteiger partial charge in [-0.1, -0.05) is 0 Å². The standard InChI is InChI=1S/C18H26N4O3/c1-12-13(2)19-11-20-17(12)25-10-14-6-8-22(9-7-14)18(24)15-4-3-5-16(23)21-15/h11,14-15H,3-10H2,1-2H3,(H,21,23). The minimum Gasteiger partial charge on any atom is -0.477 e. The van der Waals surface area contributed by atoms with E-state index < -0.39 is 0 Å². The van der Waals surface area contributed by atoms with Gasteiger partial charge in [0.05, 0.1) is 6.61 Å². The van der Waals surface area contributed by atoms with E-state index in [4.69, 9.17) is 4.74 Å². The fourth-order valence-electron chi connectivity index (χ4n) is 3.39. The Morgan fingerprint density at radius 1 is 1.28 bits per heavy atom. The van der Waals surface area contributed by atoms with E-state index in [1.54, 1.807) is 0 Å². The molecule has 7 nitrogen and oxygen atoms in total. The predicted molar refractivity (Wildman–Crippen MR) is 92.1 cm³/mol. The molecule has 3 rings (SSSR count). The molecule has 136 valence electrons. The third kappa shape index (κ3) is 4.27. The molecule has 25 heavy (non-hydrogen) atoms. The minimum absolute atomic E-state index is 0.0107. The van der Waals surface area contributed by atoms with E-state index in [2.05, 4.69) is 15.3 Å². The lowest BCUT2D eigenvalue weighted by Crippen LogP contribution is -2.52. The molecule has 1 unspecified atom stereocenters. The number of aromatic nitrogens is 2. The monoisotopic (exact) mass is 346 g/mol. The Balaban J connectivity index is 1.46. The van der Waals surface area contributed by atoms with Crippen LogP contribution in [0.2, 0.25) is 0 Å². The first-order valence-electron chi connectivity index (χ1n) is 9.03. The Kier molecular flexibility index (Phi) is 5.50. The molecule has 1 aromatic rings. The van der Waals surface area contributed by atoms with Crippen molar-refractivity contribution < 1.29 is 14.3 Å². The zero-order valence-electron chi connectivity index (χ0n) is 15.0. The average Bonchev–Trinajstić information content (AvgIpc) is 2.63. The van der Waals surface area contributed by atoms with Gasteiger partial charge in [-0.2, -0.15) is 0 Å². The van der Waals surface area contributed by atoms with Gasteiger partial charge in [-0.15, -0.1) is 0 Å². The van der Waals surface area contributed by atoms with Gasteiger partial charge in [-0.05, 0) is 45.4 Å². The molecule has 7 heteroatoms. The Hall–Kier alpha value is -2.18. The zero-order chi connectivity index (χ0) is 17.8. The molecule has 2 fully saturated rings. The second-order valence-corrected chi connectivity index (χ2v) is 6.98. The molecule has 0 saturated carbocycles. The molecular weight excluding hydrogens is 320 g/mol. The van der Waals surface area contributed by atoms with Crippen LogP contribution in [0.5, 0.6) is 5.88 Å². The Morgan fingerprint density at radius 2 is 2.04 bits per heavy atom. The molecule has 2 aliphatic rings. The molecule has 0 aliphatic carbocycles. The molecule has 1 atom stereocenters. The van der Waals surface area contributed by atoms with Crippen LogP contribution in [0.15, 0.2) is 6.33 Å². The number of amides is 2. The summed E-state index contributed by atoms with van der Waals surface area (Å²) in [6, 6.07) is -0.333. The van der Waals surface area contributed by atoms with Crippen LogP contribution < -0.4 is 10.1 Å². The largest absolute Gasteiger partial charge is 0.477 e.